The Labute approximate surface area is 154 Å². The van der Waals surface area contributed by atoms with Crippen molar-refractivity contribution in [1.29, 1.82) is 0 Å². The van der Waals surface area contributed by atoms with E-state index < -0.39 is 17.6 Å². The smallest absolute Gasteiger partial charge is 0.407 e. The number of nitrogens with one attached hydrogen (secondary N) is 2. The van der Waals surface area contributed by atoms with Gasteiger partial charge < -0.3 is 20.1 Å². The number of aromatic amines is 1. The number of carbonyl (C=O) groups is 2. The Balaban J connectivity index is 1.47. The quantitative estimate of drug-likeness (QED) is 0.715. The molecule has 1 amide bonds. The van der Waals surface area contributed by atoms with Crippen LogP contribution in [-0.4, -0.2) is 52.6 Å². The zero-order chi connectivity index (χ0) is 18.7. The fourth-order valence-corrected chi connectivity index (χ4v) is 3.69. The van der Waals surface area contributed by atoms with Crippen LogP contribution in [0, 0.1) is 5.92 Å². The average Bonchev–Trinajstić information content (AvgIpc) is 3.05. The fourth-order valence-electron chi connectivity index (χ4n) is 3.47. The van der Waals surface area contributed by atoms with Gasteiger partial charge in [-0.1, -0.05) is 11.6 Å². The second kappa shape index (κ2) is 7.94. The summed E-state index contributed by atoms with van der Waals surface area (Å²) in [6.07, 6.45) is 3.70. The zero-order valence-electron chi connectivity index (χ0n) is 14.1. The van der Waals surface area contributed by atoms with Crippen molar-refractivity contribution in [1.82, 2.24) is 15.5 Å². The van der Waals surface area contributed by atoms with E-state index in [0.29, 0.717) is 50.9 Å². The molecule has 0 bridgehead atoms. The third-order valence-electron chi connectivity index (χ3n) is 4.93. The summed E-state index contributed by atoms with van der Waals surface area (Å²) in [6, 6.07) is -0.0538. The minimum absolute atomic E-state index is 0.0538. The first-order valence-corrected chi connectivity index (χ1v) is 9.00. The summed E-state index contributed by atoms with van der Waals surface area (Å²) in [5.74, 6) is -1.09. The van der Waals surface area contributed by atoms with Crippen molar-refractivity contribution in [2.75, 3.05) is 18.0 Å². The number of nitrogens with zero attached hydrogens (tertiary/aromatic N) is 2. The first kappa shape index (κ1) is 18.5. The summed E-state index contributed by atoms with van der Waals surface area (Å²) in [6.45, 7) is 1.04. The van der Waals surface area contributed by atoms with E-state index >= 15 is 0 Å². The van der Waals surface area contributed by atoms with Gasteiger partial charge in [-0.25, -0.2) is 9.89 Å². The van der Waals surface area contributed by atoms with Gasteiger partial charge in [-0.05, 0) is 25.7 Å². The van der Waals surface area contributed by atoms with E-state index in [-0.39, 0.29) is 23.1 Å². The van der Waals surface area contributed by atoms with Crippen molar-refractivity contribution in [3.05, 3.63) is 21.6 Å². The van der Waals surface area contributed by atoms with Crippen molar-refractivity contribution < 1.29 is 19.4 Å². The molecule has 1 aromatic rings. The molecule has 0 radical (unpaired) electrons. The summed E-state index contributed by atoms with van der Waals surface area (Å²) in [7, 11) is 0. The molecule has 26 heavy (non-hydrogen) atoms. The van der Waals surface area contributed by atoms with Crippen LogP contribution in [0.2, 0.25) is 5.02 Å². The van der Waals surface area contributed by atoms with E-state index in [0.717, 1.165) is 0 Å². The van der Waals surface area contributed by atoms with E-state index in [1.54, 1.807) is 0 Å². The van der Waals surface area contributed by atoms with Gasteiger partial charge in [0.05, 0.1) is 24.3 Å². The second-order valence-electron chi connectivity index (χ2n) is 6.69. The molecule has 3 rings (SSSR count). The van der Waals surface area contributed by atoms with Gasteiger partial charge in [0.15, 0.2) is 0 Å². The molecule has 0 aromatic carbocycles. The lowest BCUT2D eigenvalue weighted by Gasteiger charge is -2.27. The van der Waals surface area contributed by atoms with Crippen LogP contribution in [0.1, 0.15) is 32.1 Å². The molecule has 2 heterocycles. The molecule has 2 aliphatic rings. The number of anilines is 1. The van der Waals surface area contributed by atoms with Gasteiger partial charge in [-0.15, -0.1) is 0 Å². The third kappa shape index (κ3) is 4.27. The van der Waals surface area contributed by atoms with Crippen molar-refractivity contribution >= 4 is 29.4 Å². The predicted octanol–water partition coefficient (Wildman–Crippen LogP) is 1.37. The van der Waals surface area contributed by atoms with Crippen LogP contribution in [0.25, 0.3) is 0 Å². The highest BCUT2D eigenvalue weighted by atomic mass is 35.5. The van der Waals surface area contributed by atoms with Crippen LogP contribution in [0.15, 0.2) is 11.0 Å². The first-order chi connectivity index (χ1) is 12.4. The van der Waals surface area contributed by atoms with Gasteiger partial charge in [0, 0.05) is 19.0 Å². The van der Waals surface area contributed by atoms with Crippen LogP contribution in [0.5, 0.6) is 0 Å². The Bertz CT molecular complexity index is 732. The van der Waals surface area contributed by atoms with Crippen LogP contribution in [-0.2, 0) is 9.53 Å². The highest BCUT2D eigenvalue weighted by molar-refractivity contribution is 6.33. The molecule has 1 saturated heterocycles. The van der Waals surface area contributed by atoms with Crippen LogP contribution in [0.3, 0.4) is 0 Å². The highest BCUT2D eigenvalue weighted by Crippen LogP contribution is 2.27. The molecule has 1 aromatic heterocycles. The molecule has 1 atom stereocenters. The van der Waals surface area contributed by atoms with E-state index in [1.807, 2.05) is 4.90 Å². The minimum Gasteiger partial charge on any atom is -0.481 e. The van der Waals surface area contributed by atoms with Gasteiger partial charge in [0.2, 0.25) is 0 Å². The SMILES string of the molecule is O=C(N[C@H]1CC[C@H](C(=O)O)CC1)O[C@@H]1CCN(c2cn[nH]c(=O)c2Cl)C1. The second-order valence-corrected chi connectivity index (χ2v) is 7.07. The molecule has 10 heteroatoms. The zero-order valence-corrected chi connectivity index (χ0v) is 14.9. The Morgan fingerprint density at radius 3 is 2.73 bits per heavy atom. The topological polar surface area (TPSA) is 125 Å². The van der Waals surface area contributed by atoms with E-state index in [9.17, 15) is 14.4 Å². The Hall–Kier alpha value is -2.29. The van der Waals surface area contributed by atoms with Crippen LogP contribution < -0.4 is 15.8 Å². The van der Waals surface area contributed by atoms with Gasteiger partial charge >= 0.3 is 12.1 Å². The number of hydrogen-bond donors (Lipinski definition) is 3. The lowest BCUT2D eigenvalue weighted by Crippen LogP contribution is -2.40. The van der Waals surface area contributed by atoms with E-state index in [1.165, 1.54) is 6.20 Å². The number of rotatable bonds is 4. The number of aliphatic carboxylic acids is 1. The van der Waals surface area contributed by atoms with Crippen LogP contribution >= 0.6 is 11.6 Å². The van der Waals surface area contributed by atoms with Crippen LogP contribution in [0.4, 0.5) is 10.5 Å². The van der Waals surface area contributed by atoms with Gasteiger partial charge in [-0.3, -0.25) is 9.59 Å². The third-order valence-corrected chi connectivity index (χ3v) is 5.30. The molecule has 2 fully saturated rings. The summed E-state index contributed by atoms with van der Waals surface area (Å²) in [4.78, 5) is 36.4. The van der Waals surface area contributed by atoms with E-state index in [2.05, 4.69) is 15.5 Å². The molecule has 1 aliphatic heterocycles. The fraction of sp³-hybridized carbons (Fsp3) is 0.625. The monoisotopic (exact) mass is 384 g/mol. The average molecular weight is 385 g/mol. The number of carbonyl (C=O) groups excluding carboxylic acids is 1. The number of hydrogen-bond acceptors (Lipinski definition) is 6. The molecule has 0 spiro atoms. The lowest BCUT2D eigenvalue weighted by atomic mass is 9.86. The predicted molar refractivity (Wildman–Crippen MR) is 93.5 cm³/mol. The van der Waals surface area contributed by atoms with Crippen molar-refractivity contribution in [3.63, 3.8) is 0 Å². The maximum atomic E-state index is 12.1. The normalized spacial score (nSPS) is 25.7. The molecule has 9 nitrogen and oxygen atoms in total. The molecule has 1 saturated carbocycles. The number of halogens is 1. The maximum absolute atomic E-state index is 12.1. The molecule has 0 unspecified atom stereocenters. The lowest BCUT2D eigenvalue weighted by molar-refractivity contribution is -0.142. The number of ether oxygens (including phenoxy) is 1. The van der Waals surface area contributed by atoms with Gasteiger partial charge in [-0.2, -0.15) is 5.10 Å². The van der Waals surface area contributed by atoms with E-state index in [4.69, 9.17) is 21.4 Å². The van der Waals surface area contributed by atoms with Crippen molar-refractivity contribution in [2.24, 2.45) is 5.92 Å². The first-order valence-electron chi connectivity index (χ1n) is 8.62. The van der Waals surface area contributed by atoms with Gasteiger partial charge in [0.1, 0.15) is 11.1 Å². The number of aromatic nitrogens is 2. The Kier molecular flexibility index (Phi) is 5.65. The summed E-state index contributed by atoms with van der Waals surface area (Å²) in [5, 5.41) is 17.9. The number of carboxylic acids is 1. The number of carboxylic acid groups (broad SMARTS) is 1. The Morgan fingerprint density at radius 1 is 1.31 bits per heavy atom. The Morgan fingerprint density at radius 2 is 2.04 bits per heavy atom. The number of amides is 1. The summed E-state index contributed by atoms with van der Waals surface area (Å²) in [5.41, 5.74) is 0.0668. The molecular formula is C16H21ClN4O5. The highest BCUT2D eigenvalue weighted by Gasteiger charge is 2.30. The van der Waals surface area contributed by atoms with Crippen molar-refractivity contribution in [2.45, 2.75) is 44.2 Å². The largest absolute Gasteiger partial charge is 0.481 e. The van der Waals surface area contributed by atoms with Crippen molar-refractivity contribution in [3.8, 4) is 0 Å². The van der Waals surface area contributed by atoms with Gasteiger partial charge in [0.25, 0.3) is 5.56 Å². The minimum atomic E-state index is -0.773. The molecular weight excluding hydrogens is 364 g/mol. The summed E-state index contributed by atoms with van der Waals surface area (Å²) < 4.78 is 5.45. The number of H-pyrrole nitrogens is 1. The molecule has 142 valence electrons. The standard InChI is InChI=1S/C16H21ClN4O5/c17-13-12(7-18-20-14(13)22)21-6-5-11(8-21)26-16(25)19-10-3-1-9(2-4-10)15(23)24/h7,9-11H,1-6,8H2,(H,19,25)(H,20,22)(H,23,24)/t9-,10-,11-/m1/s1. The molecule has 3 N–H and O–H groups in total. The molecule has 1 aliphatic carbocycles. The number of alkyl carbamates (subject to hydrolysis) is 1. The summed E-state index contributed by atoms with van der Waals surface area (Å²) >= 11 is 6.00. The maximum Gasteiger partial charge on any atom is 0.407 e.